The zero-order chi connectivity index (χ0) is 10.6. The minimum absolute atomic E-state index is 0.146. The second kappa shape index (κ2) is 4.83. The van der Waals surface area contributed by atoms with Gasteiger partial charge in [-0.25, -0.2) is 4.79 Å². The summed E-state index contributed by atoms with van der Waals surface area (Å²) in [6.07, 6.45) is 1.45. The Morgan fingerprint density at radius 1 is 1.71 bits per heavy atom. The van der Waals surface area contributed by atoms with Gasteiger partial charge in [-0.2, -0.15) is 0 Å². The first-order valence-corrected chi connectivity index (χ1v) is 4.90. The summed E-state index contributed by atoms with van der Waals surface area (Å²) >= 11 is 0. The third-order valence-corrected chi connectivity index (χ3v) is 2.37. The van der Waals surface area contributed by atoms with Crippen molar-refractivity contribution in [3.05, 3.63) is 0 Å². The molecule has 1 rings (SSSR count). The van der Waals surface area contributed by atoms with E-state index in [1.165, 1.54) is 0 Å². The first kappa shape index (κ1) is 10.8. The van der Waals surface area contributed by atoms with Crippen molar-refractivity contribution in [1.29, 1.82) is 0 Å². The maximum Gasteiger partial charge on any atom is 0.317 e. The van der Waals surface area contributed by atoms with Crippen molar-refractivity contribution in [2.45, 2.75) is 19.8 Å². The Morgan fingerprint density at radius 3 is 2.86 bits per heavy atom. The van der Waals surface area contributed by atoms with Crippen molar-refractivity contribution in [3.8, 4) is 0 Å². The number of urea groups is 1. The SMILES string of the molecule is CCCC(CN1CCNC1=O)C(=O)O. The molecule has 0 aromatic rings. The smallest absolute Gasteiger partial charge is 0.317 e. The van der Waals surface area contributed by atoms with Crippen molar-refractivity contribution >= 4 is 12.0 Å². The summed E-state index contributed by atoms with van der Waals surface area (Å²) in [6, 6.07) is -0.146. The van der Waals surface area contributed by atoms with Crippen LogP contribution in [0.2, 0.25) is 0 Å². The third kappa shape index (κ3) is 2.61. The molecule has 1 heterocycles. The molecular formula is C9H16N2O3. The standard InChI is InChI=1S/C9H16N2O3/c1-2-3-7(8(12)13)6-11-5-4-10-9(11)14/h7H,2-6H2,1H3,(H,10,14)(H,12,13). The van der Waals surface area contributed by atoms with Gasteiger partial charge in [-0.3, -0.25) is 4.79 Å². The van der Waals surface area contributed by atoms with E-state index in [1.54, 1.807) is 4.90 Å². The number of carbonyl (C=O) groups is 2. The quantitative estimate of drug-likeness (QED) is 0.679. The predicted octanol–water partition coefficient (Wildman–Crippen LogP) is 0.513. The largest absolute Gasteiger partial charge is 0.481 e. The molecule has 1 unspecified atom stereocenters. The highest BCUT2D eigenvalue weighted by atomic mass is 16.4. The number of amides is 2. The number of rotatable bonds is 5. The number of carboxylic acid groups (broad SMARTS) is 1. The number of hydrogen-bond donors (Lipinski definition) is 2. The summed E-state index contributed by atoms with van der Waals surface area (Å²) in [4.78, 5) is 23.5. The number of carbonyl (C=O) groups excluding carboxylic acids is 1. The number of nitrogens with zero attached hydrogens (tertiary/aromatic N) is 1. The average molecular weight is 200 g/mol. The minimum atomic E-state index is -0.813. The zero-order valence-electron chi connectivity index (χ0n) is 8.32. The fourth-order valence-corrected chi connectivity index (χ4v) is 1.59. The van der Waals surface area contributed by atoms with E-state index in [0.717, 1.165) is 6.42 Å². The van der Waals surface area contributed by atoms with Gasteiger partial charge in [0.05, 0.1) is 5.92 Å². The zero-order valence-corrected chi connectivity index (χ0v) is 8.32. The molecule has 1 saturated heterocycles. The predicted molar refractivity (Wildman–Crippen MR) is 51.0 cm³/mol. The molecule has 0 bridgehead atoms. The van der Waals surface area contributed by atoms with Crippen molar-refractivity contribution in [2.75, 3.05) is 19.6 Å². The van der Waals surface area contributed by atoms with Crippen LogP contribution < -0.4 is 5.32 Å². The molecule has 1 aliphatic heterocycles. The monoisotopic (exact) mass is 200 g/mol. The molecule has 2 amide bonds. The molecule has 80 valence electrons. The van der Waals surface area contributed by atoms with Crippen LogP contribution in [0.1, 0.15) is 19.8 Å². The Morgan fingerprint density at radius 2 is 2.43 bits per heavy atom. The van der Waals surface area contributed by atoms with Crippen molar-refractivity contribution < 1.29 is 14.7 Å². The second-order valence-electron chi connectivity index (χ2n) is 3.50. The van der Waals surface area contributed by atoms with Gasteiger partial charge >= 0.3 is 12.0 Å². The van der Waals surface area contributed by atoms with Crippen LogP contribution in [0, 0.1) is 5.92 Å². The topological polar surface area (TPSA) is 69.6 Å². The van der Waals surface area contributed by atoms with Crippen LogP contribution in [0.4, 0.5) is 4.79 Å². The maximum atomic E-state index is 11.2. The Balaban J connectivity index is 2.46. The minimum Gasteiger partial charge on any atom is -0.481 e. The first-order valence-electron chi connectivity index (χ1n) is 4.90. The van der Waals surface area contributed by atoms with Gasteiger partial charge in [-0.1, -0.05) is 13.3 Å². The molecule has 0 aromatic heterocycles. The lowest BCUT2D eigenvalue weighted by Gasteiger charge is -2.19. The Labute approximate surface area is 83.1 Å². The third-order valence-electron chi connectivity index (χ3n) is 2.37. The molecule has 2 N–H and O–H groups in total. The van der Waals surface area contributed by atoms with Gasteiger partial charge in [0.25, 0.3) is 0 Å². The van der Waals surface area contributed by atoms with Gasteiger partial charge in [0.15, 0.2) is 0 Å². The summed E-state index contributed by atoms with van der Waals surface area (Å²) in [6.45, 7) is 3.51. The summed E-state index contributed by atoms with van der Waals surface area (Å²) in [5, 5.41) is 11.5. The molecular weight excluding hydrogens is 184 g/mol. The molecule has 1 aliphatic rings. The molecule has 5 nitrogen and oxygen atoms in total. The van der Waals surface area contributed by atoms with Crippen LogP contribution >= 0.6 is 0 Å². The van der Waals surface area contributed by atoms with Gasteiger partial charge in [0, 0.05) is 19.6 Å². The second-order valence-corrected chi connectivity index (χ2v) is 3.50. The van der Waals surface area contributed by atoms with Gasteiger partial charge < -0.3 is 15.3 Å². The van der Waals surface area contributed by atoms with E-state index in [-0.39, 0.29) is 6.03 Å². The van der Waals surface area contributed by atoms with Gasteiger partial charge in [0.1, 0.15) is 0 Å². The number of hydrogen-bond acceptors (Lipinski definition) is 2. The van der Waals surface area contributed by atoms with E-state index in [9.17, 15) is 9.59 Å². The number of aliphatic carboxylic acids is 1. The van der Waals surface area contributed by atoms with E-state index in [1.807, 2.05) is 6.92 Å². The fourth-order valence-electron chi connectivity index (χ4n) is 1.59. The normalized spacial score (nSPS) is 18.1. The highest BCUT2D eigenvalue weighted by molar-refractivity contribution is 5.77. The Bertz CT molecular complexity index is 230. The van der Waals surface area contributed by atoms with Crippen LogP contribution in [-0.2, 0) is 4.79 Å². The van der Waals surface area contributed by atoms with Crippen molar-refractivity contribution in [2.24, 2.45) is 5.92 Å². The molecule has 5 heteroatoms. The number of carboxylic acids is 1. The lowest BCUT2D eigenvalue weighted by molar-refractivity contribution is -0.142. The highest BCUT2D eigenvalue weighted by Crippen LogP contribution is 2.10. The average Bonchev–Trinajstić information content (AvgIpc) is 2.51. The van der Waals surface area contributed by atoms with Crippen molar-refractivity contribution in [1.82, 2.24) is 10.2 Å². The Kier molecular flexibility index (Phi) is 3.73. The lowest BCUT2D eigenvalue weighted by atomic mass is 10.0. The van der Waals surface area contributed by atoms with Crippen molar-refractivity contribution in [3.63, 3.8) is 0 Å². The molecule has 0 aromatic carbocycles. The van der Waals surface area contributed by atoms with Crippen LogP contribution in [0.3, 0.4) is 0 Å². The van der Waals surface area contributed by atoms with E-state index in [4.69, 9.17) is 5.11 Å². The van der Waals surface area contributed by atoms with E-state index >= 15 is 0 Å². The highest BCUT2D eigenvalue weighted by Gasteiger charge is 2.26. The van der Waals surface area contributed by atoms with Crippen LogP contribution in [-0.4, -0.2) is 41.6 Å². The lowest BCUT2D eigenvalue weighted by Crippen LogP contribution is -2.35. The van der Waals surface area contributed by atoms with Gasteiger partial charge in [-0.15, -0.1) is 0 Å². The maximum absolute atomic E-state index is 11.2. The van der Waals surface area contributed by atoms with Crippen LogP contribution in [0.15, 0.2) is 0 Å². The van der Waals surface area contributed by atoms with E-state index < -0.39 is 11.9 Å². The summed E-state index contributed by atoms with van der Waals surface area (Å²) in [5.41, 5.74) is 0. The Hall–Kier alpha value is -1.26. The first-order chi connectivity index (χ1) is 6.65. The van der Waals surface area contributed by atoms with Crippen LogP contribution in [0.5, 0.6) is 0 Å². The summed E-state index contributed by atoms with van der Waals surface area (Å²) in [5.74, 6) is -1.24. The summed E-state index contributed by atoms with van der Waals surface area (Å²) < 4.78 is 0. The molecule has 14 heavy (non-hydrogen) atoms. The molecule has 0 saturated carbocycles. The van der Waals surface area contributed by atoms with Crippen LogP contribution in [0.25, 0.3) is 0 Å². The molecule has 0 spiro atoms. The van der Waals surface area contributed by atoms with E-state index in [0.29, 0.717) is 26.1 Å². The molecule has 1 atom stereocenters. The van der Waals surface area contributed by atoms with Gasteiger partial charge in [-0.05, 0) is 6.42 Å². The van der Waals surface area contributed by atoms with Gasteiger partial charge in [0.2, 0.25) is 0 Å². The molecule has 1 fully saturated rings. The summed E-state index contributed by atoms with van der Waals surface area (Å²) in [7, 11) is 0. The molecule has 0 aliphatic carbocycles. The number of nitrogens with one attached hydrogen (secondary N) is 1. The molecule has 0 radical (unpaired) electrons. The fraction of sp³-hybridized carbons (Fsp3) is 0.778. The van der Waals surface area contributed by atoms with E-state index in [2.05, 4.69) is 5.32 Å².